The van der Waals surface area contributed by atoms with Crippen LogP contribution < -0.4 is 14.8 Å². The maximum atomic E-state index is 14.0. The van der Waals surface area contributed by atoms with Crippen molar-refractivity contribution in [3.05, 3.63) is 93.2 Å². The molecule has 0 aromatic heterocycles. The van der Waals surface area contributed by atoms with E-state index in [-0.39, 0.29) is 17.2 Å². The van der Waals surface area contributed by atoms with Gasteiger partial charge in [-0.1, -0.05) is 59.6 Å². The molecule has 0 saturated carbocycles. The van der Waals surface area contributed by atoms with Gasteiger partial charge in [-0.25, -0.2) is 4.39 Å². The smallest absolute Gasteiger partial charge is 0.180 e. The normalized spacial score (nSPS) is 11.9. The highest BCUT2D eigenvalue weighted by atomic mass is 35.5. The summed E-state index contributed by atoms with van der Waals surface area (Å²) in [7, 11) is 0. The number of aliphatic hydroxyl groups excluding tert-OH is 1. The van der Waals surface area contributed by atoms with Gasteiger partial charge in [-0.3, -0.25) is 0 Å². The molecule has 4 nitrogen and oxygen atoms in total. The third kappa shape index (κ3) is 6.34. The van der Waals surface area contributed by atoms with Crippen molar-refractivity contribution in [2.24, 2.45) is 0 Å². The Balaban J connectivity index is 1.68. The van der Waals surface area contributed by atoms with Crippen LogP contribution in [0.5, 0.6) is 11.5 Å². The second kappa shape index (κ2) is 11.3. The number of aliphatic hydroxyl groups is 1. The lowest BCUT2D eigenvalue weighted by atomic mass is 10.1. The molecular weight excluding hydrogens is 440 g/mol. The van der Waals surface area contributed by atoms with Gasteiger partial charge >= 0.3 is 0 Å². The molecule has 0 unspecified atom stereocenters. The SMILES string of the molecule is CCOc1cc(CNC[C@@H](O)c2ccccc2)cc(Cl)c1OCc1c(F)cccc1Cl. The van der Waals surface area contributed by atoms with Gasteiger partial charge in [0, 0.05) is 18.7 Å². The zero-order chi connectivity index (χ0) is 22.2. The zero-order valence-corrected chi connectivity index (χ0v) is 18.6. The van der Waals surface area contributed by atoms with Gasteiger partial charge in [-0.15, -0.1) is 0 Å². The average Bonchev–Trinajstić information content (AvgIpc) is 2.75. The van der Waals surface area contributed by atoms with E-state index in [0.717, 1.165) is 11.1 Å². The van der Waals surface area contributed by atoms with Gasteiger partial charge in [0.2, 0.25) is 0 Å². The van der Waals surface area contributed by atoms with E-state index in [1.807, 2.05) is 43.3 Å². The summed E-state index contributed by atoms with van der Waals surface area (Å²) in [6.45, 7) is 3.05. The number of rotatable bonds is 10. The molecule has 0 radical (unpaired) electrons. The molecule has 3 rings (SSSR count). The van der Waals surface area contributed by atoms with Gasteiger partial charge in [0.05, 0.1) is 22.8 Å². The lowest BCUT2D eigenvalue weighted by molar-refractivity contribution is 0.174. The summed E-state index contributed by atoms with van der Waals surface area (Å²) in [6.07, 6.45) is -0.615. The van der Waals surface area contributed by atoms with Gasteiger partial charge in [0.15, 0.2) is 11.5 Å². The van der Waals surface area contributed by atoms with E-state index in [0.29, 0.717) is 36.2 Å². The van der Waals surface area contributed by atoms with E-state index in [1.165, 1.54) is 12.1 Å². The van der Waals surface area contributed by atoms with Gasteiger partial charge in [-0.05, 0) is 42.3 Å². The summed E-state index contributed by atoms with van der Waals surface area (Å²) in [5, 5.41) is 14.1. The molecule has 0 aliphatic rings. The number of ether oxygens (including phenoxy) is 2. The minimum atomic E-state index is -0.615. The molecule has 0 bridgehead atoms. The number of halogens is 3. The van der Waals surface area contributed by atoms with Crippen molar-refractivity contribution in [2.45, 2.75) is 26.2 Å². The predicted octanol–water partition coefficient (Wildman–Crippen LogP) is 5.93. The third-order valence-electron chi connectivity index (χ3n) is 4.64. The monoisotopic (exact) mass is 463 g/mol. The maximum absolute atomic E-state index is 14.0. The molecule has 0 aliphatic carbocycles. The molecule has 0 aliphatic heterocycles. The Morgan fingerprint density at radius 3 is 2.48 bits per heavy atom. The van der Waals surface area contributed by atoms with Crippen LogP contribution in [-0.2, 0) is 13.2 Å². The fourth-order valence-corrected chi connectivity index (χ4v) is 3.59. The highest BCUT2D eigenvalue weighted by molar-refractivity contribution is 6.32. The lowest BCUT2D eigenvalue weighted by Gasteiger charge is -2.17. The van der Waals surface area contributed by atoms with Crippen LogP contribution in [0.25, 0.3) is 0 Å². The first-order valence-electron chi connectivity index (χ1n) is 9.94. The molecule has 0 amide bonds. The van der Waals surface area contributed by atoms with E-state index in [1.54, 1.807) is 12.1 Å². The Labute approximate surface area is 191 Å². The van der Waals surface area contributed by atoms with Crippen molar-refractivity contribution in [2.75, 3.05) is 13.2 Å². The summed E-state index contributed by atoms with van der Waals surface area (Å²) in [4.78, 5) is 0. The van der Waals surface area contributed by atoms with Crippen LogP contribution in [0.15, 0.2) is 60.7 Å². The van der Waals surface area contributed by atoms with Crippen LogP contribution in [0.3, 0.4) is 0 Å². The van der Waals surface area contributed by atoms with E-state index >= 15 is 0 Å². The molecule has 0 spiro atoms. The topological polar surface area (TPSA) is 50.7 Å². The second-order valence-corrected chi connectivity index (χ2v) is 7.70. The highest BCUT2D eigenvalue weighted by Gasteiger charge is 2.15. The Kier molecular flexibility index (Phi) is 8.55. The summed E-state index contributed by atoms with van der Waals surface area (Å²) < 4.78 is 25.5. The summed E-state index contributed by atoms with van der Waals surface area (Å²) in [5.41, 5.74) is 1.96. The Bertz CT molecular complexity index is 981. The first-order chi connectivity index (χ1) is 15.0. The standard InChI is InChI=1S/C24H24Cl2FNO3/c1-2-30-23-12-16(13-28-14-22(29)17-7-4-3-5-8-17)11-20(26)24(23)31-15-18-19(25)9-6-10-21(18)27/h3-12,22,28-29H,2,13-15H2,1H3/t22-/m1/s1. The largest absolute Gasteiger partial charge is 0.490 e. The molecule has 0 fully saturated rings. The predicted molar refractivity (Wildman–Crippen MR) is 121 cm³/mol. The van der Waals surface area contributed by atoms with Crippen molar-refractivity contribution in [1.29, 1.82) is 0 Å². The average molecular weight is 464 g/mol. The van der Waals surface area contributed by atoms with Crippen LogP contribution >= 0.6 is 23.2 Å². The molecule has 0 saturated heterocycles. The molecule has 0 heterocycles. The first kappa shape index (κ1) is 23.4. The third-order valence-corrected chi connectivity index (χ3v) is 5.28. The van der Waals surface area contributed by atoms with Crippen LogP contribution in [0, 0.1) is 5.82 Å². The molecule has 3 aromatic rings. The van der Waals surface area contributed by atoms with Crippen LogP contribution in [0.4, 0.5) is 4.39 Å². The lowest BCUT2D eigenvalue weighted by Crippen LogP contribution is -2.21. The van der Waals surface area contributed by atoms with E-state index in [4.69, 9.17) is 32.7 Å². The Hall–Kier alpha value is -2.31. The Morgan fingerprint density at radius 2 is 1.77 bits per heavy atom. The summed E-state index contributed by atoms with van der Waals surface area (Å²) in [6, 6.07) is 17.5. The molecule has 3 aromatic carbocycles. The molecule has 1 atom stereocenters. The van der Waals surface area contributed by atoms with Crippen molar-refractivity contribution in [3.8, 4) is 11.5 Å². The molecular formula is C24H24Cl2FNO3. The number of hydrogen-bond acceptors (Lipinski definition) is 4. The van der Waals surface area contributed by atoms with Gasteiger partial charge in [0.25, 0.3) is 0 Å². The number of hydrogen-bond donors (Lipinski definition) is 2. The van der Waals surface area contributed by atoms with Crippen molar-refractivity contribution in [1.82, 2.24) is 5.32 Å². The summed E-state index contributed by atoms with van der Waals surface area (Å²) >= 11 is 12.5. The van der Waals surface area contributed by atoms with Crippen LogP contribution in [0.2, 0.25) is 10.0 Å². The first-order valence-corrected chi connectivity index (χ1v) is 10.7. The van der Waals surface area contributed by atoms with E-state index in [2.05, 4.69) is 5.32 Å². The minimum absolute atomic E-state index is 0.0772. The zero-order valence-electron chi connectivity index (χ0n) is 17.1. The van der Waals surface area contributed by atoms with Crippen molar-refractivity contribution in [3.63, 3.8) is 0 Å². The molecule has 31 heavy (non-hydrogen) atoms. The molecule has 164 valence electrons. The number of nitrogens with one attached hydrogen (secondary N) is 1. The van der Waals surface area contributed by atoms with Crippen molar-refractivity contribution < 1.29 is 19.0 Å². The van der Waals surface area contributed by atoms with E-state index in [9.17, 15) is 9.50 Å². The van der Waals surface area contributed by atoms with Crippen molar-refractivity contribution >= 4 is 23.2 Å². The number of benzene rings is 3. The van der Waals surface area contributed by atoms with Gasteiger partial charge < -0.3 is 19.9 Å². The highest BCUT2D eigenvalue weighted by Crippen LogP contribution is 2.37. The van der Waals surface area contributed by atoms with Gasteiger partial charge in [0.1, 0.15) is 12.4 Å². The fraction of sp³-hybridized carbons (Fsp3) is 0.250. The Morgan fingerprint density at radius 1 is 1.00 bits per heavy atom. The van der Waals surface area contributed by atoms with Crippen LogP contribution in [-0.4, -0.2) is 18.3 Å². The second-order valence-electron chi connectivity index (χ2n) is 6.88. The van der Waals surface area contributed by atoms with E-state index < -0.39 is 11.9 Å². The minimum Gasteiger partial charge on any atom is -0.490 e. The molecule has 7 heteroatoms. The fourth-order valence-electron chi connectivity index (χ4n) is 3.09. The summed E-state index contributed by atoms with van der Waals surface area (Å²) in [5.74, 6) is 0.346. The quantitative estimate of drug-likeness (QED) is 0.390. The van der Waals surface area contributed by atoms with Crippen LogP contribution in [0.1, 0.15) is 29.7 Å². The molecule has 2 N–H and O–H groups in total. The maximum Gasteiger partial charge on any atom is 0.180 e. The van der Waals surface area contributed by atoms with Gasteiger partial charge in [-0.2, -0.15) is 0 Å².